The predicted molar refractivity (Wildman–Crippen MR) is 113 cm³/mol. The quantitative estimate of drug-likeness (QED) is 0.491. The van der Waals surface area contributed by atoms with Crippen LogP contribution in [0.4, 0.5) is 0 Å². The smallest absolute Gasteiger partial charge is 0.146 e. The highest BCUT2D eigenvalue weighted by molar-refractivity contribution is 6.31. The van der Waals surface area contributed by atoms with Crippen LogP contribution >= 0.6 is 11.6 Å². The van der Waals surface area contributed by atoms with Crippen LogP contribution in [0.25, 0.3) is 5.76 Å². The maximum atomic E-state index is 6.25. The summed E-state index contributed by atoms with van der Waals surface area (Å²) in [6.07, 6.45) is 1.99. The van der Waals surface area contributed by atoms with Gasteiger partial charge in [0.05, 0.1) is 19.9 Å². The van der Waals surface area contributed by atoms with Crippen LogP contribution < -0.4 is 15.8 Å². The van der Waals surface area contributed by atoms with Crippen LogP contribution in [-0.2, 0) is 11.2 Å². The van der Waals surface area contributed by atoms with Crippen molar-refractivity contribution in [3.63, 3.8) is 0 Å². The largest absolute Gasteiger partial charge is 0.496 e. The summed E-state index contributed by atoms with van der Waals surface area (Å²) in [6, 6.07) is 12.1. The molecule has 0 aliphatic heterocycles. The van der Waals surface area contributed by atoms with Gasteiger partial charge in [-0.25, -0.2) is 0 Å². The van der Waals surface area contributed by atoms with Gasteiger partial charge in [0, 0.05) is 17.1 Å². The van der Waals surface area contributed by atoms with Crippen molar-refractivity contribution in [3.8, 4) is 5.75 Å². The number of aryl methyl sites for hydroxylation is 3. The first-order chi connectivity index (χ1) is 13.0. The lowest BCUT2D eigenvalue weighted by molar-refractivity contribution is 0.364. The van der Waals surface area contributed by atoms with E-state index in [-0.39, 0.29) is 0 Å². The molecule has 0 amide bonds. The minimum Gasteiger partial charge on any atom is -0.496 e. The molecule has 0 fully saturated rings. The Morgan fingerprint density at radius 2 is 1.85 bits per heavy atom. The topological polar surface area (TPSA) is 56.5 Å². The number of benzene rings is 2. The Morgan fingerprint density at radius 1 is 1.07 bits per heavy atom. The average Bonchev–Trinajstić information content (AvgIpc) is 2.65. The van der Waals surface area contributed by atoms with Gasteiger partial charge in [-0.3, -0.25) is 0 Å². The van der Waals surface area contributed by atoms with E-state index in [9.17, 15) is 0 Å². The van der Waals surface area contributed by atoms with Gasteiger partial charge >= 0.3 is 0 Å². The molecule has 2 aromatic carbocycles. The monoisotopic (exact) mass is 388 g/mol. The Balaban J connectivity index is 1.89. The van der Waals surface area contributed by atoms with Crippen molar-refractivity contribution < 1.29 is 9.47 Å². The molecule has 4 nitrogen and oxygen atoms in total. The van der Waals surface area contributed by atoms with E-state index >= 15 is 0 Å². The molecule has 27 heavy (non-hydrogen) atoms. The summed E-state index contributed by atoms with van der Waals surface area (Å²) >= 11 is 6.17. The molecular weight excluding hydrogens is 360 g/mol. The van der Waals surface area contributed by atoms with E-state index in [1.165, 1.54) is 5.56 Å². The highest BCUT2D eigenvalue weighted by Gasteiger charge is 2.09. The van der Waals surface area contributed by atoms with Gasteiger partial charge in [0.2, 0.25) is 0 Å². The third kappa shape index (κ3) is 5.91. The molecule has 0 unspecified atom stereocenters. The Kier molecular flexibility index (Phi) is 8.01. The van der Waals surface area contributed by atoms with Gasteiger partial charge in [-0.2, -0.15) is 0 Å². The van der Waals surface area contributed by atoms with Gasteiger partial charge in [-0.05, 0) is 74.2 Å². The van der Waals surface area contributed by atoms with Gasteiger partial charge in [0.25, 0.3) is 0 Å². The van der Waals surface area contributed by atoms with Gasteiger partial charge in [0.1, 0.15) is 11.5 Å². The zero-order valence-electron chi connectivity index (χ0n) is 16.6. The third-order valence-electron chi connectivity index (χ3n) is 4.52. The number of hydrogen-bond donors (Lipinski definition) is 2. The number of rotatable bonds is 9. The molecule has 2 aromatic rings. The van der Waals surface area contributed by atoms with Crippen LogP contribution in [0.15, 0.2) is 42.1 Å². The van der Waals surface area contributed by atoms with Gasteiger partial charge in [0.15, 0.2) is 0 Å². The number of nitrogens with two attached hydrogens (primary N) is 1. The molecule has 0 saturated carbocycles. The SMILES string of the molecule is CO/C(=C(\N)CNCCCc1ccc(C)c(Cl)c1)c1ccc(OC)c(C)c1. The fourth-order valence-electron chi connectivity index (χ4n) is 2.97. The molecule has 0 aliphatic carbocycles. The zero-order valence-corrected chi connectivity index (χ0v) is 17.3. The fourth-order valence-corrected chi connectivity index (χ4v) is 3.17. The predicted octanol–water partition coefficient (Wildman–Crippen LogP) is 4.46. The first-order valence-electron chi connectivity index (χ1n) is 9.09. The molecule has 5 heteroatoms. The Morgan fingerprint density at radius 3 is 2.48 bits per heavy atom. The lowest BCUT2D eigenvalue weighted by Gasteiger charge is -2.14. The average molecular weight is 389 g/mol. The van der Waals surface area contributed by atoms with E-state index in [2.05, 4.69) is 17.4 Å². The summed E-state index contributed by atoms with van der Waals surface area (Å²) in [7, 11) is 3.31. The van der Waals surface area contributed by atoms with Crippen LogP contribution in [0.3, 0.4) is 0 Å². The first-order valence-corrected chi connectivity index (χ1v) is 9.47. The molecule has 0 bridgehead atoms. The van der Waals surface area contributed by atoms with Crippen molar-refractivity contribution >= 4 is 17.4 Å². The fraction of sp³-hybridized carbons (Fsp3) is 0.364. The maximum Gasteiger partial charge on any atom is 0.146 e. The molecule has 0 heterocycles. The van der Waals surface area contributed by atoms with E-state index < -0.39 is 0 Å². The highest BCUT2D eigenvalue weighted by Crippen LogP contribution is 2.24. The second kappa shape index (κ2) is 10.2. The van der Waals surface area contributed by atoms with Crippen molar-refractivity contribution in [1.29, 1.82) is 0 Å². The Labute approximate surface area is 167 Å². The van der Waals surface area contributed by atoms with E-state index in [1.54, 1.807) is 14.2 Å². The summed E-state index contributed by atoms with van der Waals surface area (Å²) in [5, 5.41) is 4.21. The normalized spacial score (nSPS) is 11.9. The number of halogens is 1. The van der Waals surface area contributed by atoms with E-state index in [1.807, 2.05) is 38.1 Å². The number of methoxy groups -OCH3 is 2. The summed E-state index contributed by atoms with van der Waals surface area (Å²) < 4.78 is 10.8. The molecule has 0 saturated heterocycles. The Hall–Kier alpha value is -2.17. The van der Waals surface area contributed by atoms with Crippen LogP contribution in [0.1, 0.15) is 28.7 Å². The summed E-state index contributed by atoms with van der Waals surface area (Å²) in [5.41, 5.74) is 11.3. The van der Waals surface area contributed by atoms with E-state index in [4.69, 9.17) is 26.8 Å². The second-order valence-electron chi connectivity index (χ2n) is 6.61. The number of nitrogens with one attached hydrogen (secondary N) is 1. The van der Waals surface area contributed by atoms with Gasteiger partial charge in [-0.15, -0.1) is 0 Å². The van der Waals surface area contributed by atoms with E-state index in [0.29, 0.717) is 18.0 Å². The molecule has 146 valence electrons. The van der Waals surface area contributed by atoms with Crippen molar-refractivity contribution in [3.05, 3.63) is 69.4 Å². The molecule has 2 rings (SSSR count). The number of hydrogen-bond acceptors (Lipinski definition) is 4. The van der Waals surface area contributed by atoms with Crippen molar-refractivity contribution in [2.45, 2.75) is 26.7 Å². The Bertz CT molecular complexity index is 803. The molecular formula is C22H29ClN2O2. The molecule has 0 radical (unpaired) electrons. The minimum absolute atomic E-state index is 0.572. The first kappa shape index (κ1) is 21.1. The van der Waals surface area contributed by atoms with Crippen molar-refractivity contribution in [1.82, 2.24) is 5.32 Å². The molecule has 3 N–H and O–H groups in total. The van der Waals surface area contributed by atoms with Crippen molar-refractivity contribution in [2.75, 3.05) is 27.3 Å². The van der Waals surface area contributed by atoms with Crippen LogP contribution in [0.5, 0.6) is 5.75 Å². The van der Waals surface area contributed by atoms with Crippen LogP contribution in [0, 0.1) is 13.8 Å². The van der Waals surface area contributed by atoms with Gasteiger partial charge in [-0.1, -0.05) is 23.7 Å². The van der Waals surface area contributed by atoms with Crippen molar-refractivity contribution in [2.24, 2.45) is 5.73 Å². The van der Waals surface area contributed by atoms with Crippen LogP contribution in [0.2, 0.25) is 5.02 Å². The lowest BCUT2D eigenvalue weighted by Crippen LogP contribution is -2.23. The lowest BCUT2D eigenvalue weighted by atomic mass is 10.1. The molecule has 0 aliphatic rings. The highest BCUT2D eigenvalue weighted by atomic mass is 35.5. The van der Waals surface area contributed by atoms with Crippen LogP contribution in [-0.4, -0.2) is 27.3 Å². The standard InChI is InChI=1S/C22H29ClN2O2/c1-15-7-8-17(13-19(15)23)6-5-11-25-14-20(24)22(27-4)18-9-10-21(26-3)16(2)12-18/h7-10,12-13,25H,5-6,11,14,24H2,1-4H3/b22-20-. The molecule has 0 atom stereocenters. The molecule has 0 aromatic heterocycles. The summed E-state index contributed by atoms with van der Waals surface area (Å²) in [6.45, 7) is 5.45. The third-order valence-corrected chi connectivity index (χ3v) is 4.93. The zero-order chi connectivity index (χ0) is 19.8. The molecule has 0 spiro atoms. The summed E-state index contributed by atoms with van der Waals surface area (Å²) in [4.78, 5) is 0. The second-order valence-corrected chi connectivity index (χ2v) is 7.01. The van der Waals surface area contributed by atoms with E-state index in [0.717, 1.165) is 46.8 Å². The van der Waals surface area contributed by atoms with Gasteiger partial charge < -0.3 is 20.5 Å². The maximum absolute atomic E-state index is 6.25. The number of ether oxygens (including phenoxy) is 2. The summed E-state index contributed by atoms with van der Waals surface area (Å²) in [5.74, 6) is 1.54. The minimum atomic E-state index is 0.572.